The van der Waals surface area contributed by atoms with E-state index in [-0.39, 0.29) is 30.6 Å². The molecule has 4 aromatic rings. The molecule has 2 heterocycles. The third kappa shape index (κ3) is 4.86. The van der Waals surface area contributed by atoms with Crippen molar-refractivity contribution in [2.45, 2.75) is 37.4 Å². The third-order valence-electron chi connectivity index (χ3n) is 8.71. The maximum atomic E-state index is 11.4. The summed E-state index contributed by atoms with van der Waals surface area (Å²) in [6, 6.07) is 18.6. The highest BCUT2D eigenvalue weighted by atomic mass is 16.5. The van der Waals surface area contributed by atoms with Crippen molar-refractivity contribution in [2.24, 2.45) is 4.99 Å². The van der Waals surface area contributed by atoms with Crippen molar-refractivity contribution in [3.05, 3.63) is 99.1 Å². The summed E-state index contributed by atoms with van der Waals surface area (Å²) in [6.07, 6.45) is 2.39. The Balaban J connectivity index is 1.34. The summed E-state index contributed by atoms with van der Waals surface area (Å²) in [7, 11) is 1.48. The average Bonchev–Trinajstić information content (AvgIpc) is 3.48. The molecule has 7 rings (SSSR count). The predicted molar refractivity (Wildman–Crippen MR) is 161 cm³/mol. The largest absolute Gasteiger partial charge is 0.508 e. The Bertz CT molecular complexity index is 1850. The van der Waals surface area contributed by atoms with Crippen LogP contribution >= 0.6 is 0 Å². The first-order chi connectivity index (χ1) is 20.9. The van der Waals surface area contributed by atoms with E-state index in [1.54, 1.807) is 18.2 Å². The highest BCUT2D eigenvalue weighted by molar-refractivity contribution is 5.83. The number of nitrogens with zero attached hydrogens (tertiary/aromatic N) is 1. The molecule has 0 amide bonds. The summed E-state index contributed by atoms with van der Waals surface area (Å²) in [4.78, 5) is 4.52. The fraction of sp³-hybridized carbons (Fsp3) is 0.286. The summed E-state index contributed by atoms with van der Waals surface area (Å²) >= 11 is 0. The first-order valence-electron chi connectivity index (χ1n) is 14.5. The molecule has 3 atom stereocenters. The van der Waals surface area contributed by atoms with Crippen LogP contribution in [-0.4, -0.2) is 53.4 Å². The molecule has 0 fully saturated rings. The molecule has 3 aliphatic rings. The molecule has 4 N–H and O–H groups in total. The normalized spacial score (nSPS) is 19.6. The zero-order valence-corrected chi connectivity index (χ0v) is 23.8. The SMILES string of the molecule is COc1cc(C2Oc3cc(OCCO)c4c(c3CC2O)CC(Cc2ccc3c(c2)=CCN=3)c2cc(O)ccc2-4)ccc1O. The highest BCUT2D eigenvalue weighted by Crippen LogP contribution is 2.52. The lowest BCUT2D eigenvalue weighted by atomic mass is 9.73. The van der Waals surface area contributed by atoms with Crippen LogP contribution in [0.3, 0.4) is 0 Å². The standard InChI is InChI=1S/C35H33NO7/c1-41-32-15-21(3-7-29(32)39)35-30(40)17-26-27-14-22(13-19-2-6-28-20(12-19)8-9-36-28)25-16-23(38)4-5-24(25)34(27)33(42-11-10-37)18-31(26)43-35/h2-8,12,15-16,18,22,30,35,37-40H,9-11,13-14,17H2,1H3. The number of aliphatic hydroxyl groups is 2. The predicted octanol–water partition coefficient (Wildman–Crippen LogP) is 3.48. The number of hydrogen-bond donors (Lipinski definition) is 4. The van der Waals surface area contributed by atoms with Gasteiger partial charge in [-0.3, -0.25) is 4.99 Å². The van der Waals surface area contributed by atoms with Crippen molar-refractivity contribution in [1.82, 2.24) is 0 Å². The van der Waals surface area contributed by atoms with Gasteiger partial charge in [-0.25, -0.2) is 0 Å². The van der Waals surface area contributed by atoms with Gasteiger partial charge in [0.05, 0.1) is 31.7 Å². The Kier molecular flexibility index (Phi) is 6.95. The van der Waals surface area contributed by atoms with Crippen molar-refractivity contribution >= 4 is 6.08 Å². The van der Waals surface area contributed by atoms with Gasteiger partial charge < -0.3 is 34.6 Å². The molecular formula is C35H33NO7. The number of aliphatic hydroxyl groups excluding tert-OH is 2. The molecule has 2 aliphatic heterocycles. The molecule has 3 unspecified atom stereocenters. The van der Waals surface area contributed by atoms with Gasteiger partial charge in [0.2, 0.25) is 0 Å². The molecule has 8 heteroatoms. The Morgan fingerprint density at radius 3 is 2.67 bits per heavy atom. The van der Waals surface area contributed by atoms with E-state index in [0.717, 1.165) is 44.8 Å². The van der Waals surface area contributed by atoms with Crippen LogP contribution in [0, 0.1) is 0 Å². The average molecular weight is 580 g/mol. The van der Waals surface area contributed by atoms with Gasteiger partial charge in [0, 0.05) is 23.6 Å². The molecule has 0 radical (unpaired) electrons. The van der Waals surface area contributed by atoms with Crippen LogP contribution in [0.2, 0.25) is 0 Å². The number of methoxy groups -OCH3 is 1. The summed E-state index contributed by atoms with van der Waals surface area (Å²) in [5.41, 5.74) is 6.73. The number of ether oxygens (including phenoxy) is 3. The lowest BCUT2D eigenvalue weighted by Gasteiger charge is -2.37. The monoisotopic (exact) mass is 579 g/mol. The number of benzene rings is 4. The molecule has 43 heavy (non-hydrogen) atoms. The molecule has 1 aliphatic carbocycles. The lowest BCUT2D eigenvalue weighted by molar-refractivity contribution is 0.0201. The number of fused-ring (bicyclic) bond motifs is 6. The Morgan fingerprint density at radius 1 is 0.953 bits per heavy atom. The fourth-order valence-electron chi connectivity index (χ4n) is 6.76. The number of phenols is 2. The maximum absolute atomic E-state index is 11.4. The number of rotatable bonds is 7. The van der Waals surface area contributed by atoms with Crippen LogP contribution in [0.1, 0.15) is 39.8 Å². The van der Waals surface area contributed by atoms with Crippen molar-refractivity contribution in [2.75, 3.05) is 26.9 Å². The van der Waals surface area contributed by atoms with Crippen molar-refractivity contribution in [3.63, 3.8) is 0 Å². The van der Waals surface area contributed by atoms with Gasteiger partial charge in [-0.05, 0) is 88.2 Å². The summed E-state index contributed by atoms with van der Waals surface area (Å²) in [5.74, 6) is 1.77. The number of aromatic hydroxyl groups is 2. The zero-order valence-electron chi connectivity index (χ0n) is 23.8. The molecule has 0 saturated carbocycles. The van der Waals surface area contributed by atoms with E-state index >= 15 is 0 Å². The second-order valence-corrected chi connectivity index (χ2v) is 11.3. The minimum atomic E-state index is -0.842. The molecule has 0 spiro atoms. The molecule has 0 aromatic heterocycles. The van der Waals surface area contributed by atoms with E-state index in [2.05, 4.69) is 29.3 Å². The van der Waals surface area contributed by atoms with Gasteiger partial charge in [0.25, 0.3) is 0 Å². The third-order valence-corrected chi connectivity index (χ3v) is 8.71. The molecular weight excluding hydrogens is 546 g/mol. The van der Waals surface area contributed by atoms with E-state index < -0.39 is 12.2 Å². The number of phenolic OH excluding ortho intramolecular Hbond substituents is 2. The summed E-state index contributed by atoms with van der Waals surface area (Å²) < 4.78 is 17.9. The van der Waals surface area contributed by atoms with Crippen LogP contribution in [0.4, 0.5) is 0 Å². The summed E-state index contributed by atoms with van der Waals surface area (Å²) in [5, 5.41) is 43.8. The van der Waals surface area contributed by atoms with Crippen molar-refractivity contribution < 1.29 is 34.6 Å². The van der Waals surface area contributed by atoms with Gasteiger partial charge >= 0.3 is 0 Å². The van der Waals surface area contributed by atoms with E-state index in [0.29, 0.717) is 42.2 Å². The molecule has 0 saturated heterocycles. The van der Waals surface area contributed by atoms with Gasteiger partial charge in [-0.1, -0.05) is 24.3 Å². The molecule has 220 valence electrons. The first kappa shape index (κ1) is 27.3. The van der Waals surface area contributed by atoms with E-state index in [9.17, 15) is 20.4 Å². The second-order valence-electron chi connectivity index (χ2n) is 11.3. The maximum Gasteiger partial charge on any atom is 0.160 e. The summed E-state index contributed by atoms with van der Waals surface area (Å²) in [6.45, 7) is 0.670. The minimum absolute atomic E-state index is 0.0112. The van der Waals surface area contributed by atoms with Crippen LogP contribution < -0.4 is 24.8 Å². The first-order valence-corrected chi connectivity index (χ1v) is 14.5. The van der Waals surface area contributed by atoms with Crippen molar-refractivity contribution in [3.8, 4) is 39.9 Å². The van der Waals surface area contributed by atoms with Crippen LogP contribution in [-0.2, 0) is 19.3 Å². The fourth-order valence-corrected chi connectivity index (χ4v) is 6.76. The number of hydrogen-bond acceptors (Lipinski definition) is 8. The zero-order chi connectivity index (χ0) is 29.7. The van der Waals surface area contributed by atoms with Gasteiger partial charge in [-0.15, -0.1) is 0 Å². The molecule has 4 aromatic carbocycles. The quantitative estimate of drug-likeness (QED) is 0.265. The smallest absolute Gasteiger partial charge is 0.160 e. The Hall–Kier alpha value is -4.53. The Morgan fingerprint density at radius 2 is 1.84 bits per heavy atom. The topological polar surface area (TPSA) is 121 Å². The van der Waals surface area contributed by atoms with Gasteiger partial charge in [0.1, 0.15) is 30.0 Å². The van der Waals surface area contributed by atoms with Crippen LogP contribution in [0.15, 0.2) is 65.7 Å². The van der Waals surface area contributed by atoms with Crippen LogP contribution in [0.25, 0.3) is 17.2 Å². The molecule has 0 bridgehead atoms. The highest BCUT2D eigenvalue weighted by Gasteiger charge is 2.37. The van der Waals surface area contributed by atoms with E-state index in [1.165, 1.54) is 18.7 Å². The lowest BCUT2D eigenvalue weighted by Crippen LogP contribution is -2.32. The van der Waals surface area contributed by atoms with Crippen LogP contribution in [0.5, 0.6) is 28.7 Å². The van der Waals surface area contributed by atoms with E-state index in [4.69, 9.17) is 14.2 Å². The molecule has 8 nitrogen and oxygen atoms in total. The van der Waals surface area contributed by atoms with Crippen molar-refractivity contribution in [1.29, 1.82) is 0 Å². The second kappa shape index (κ2) is 10.9. The minimum Gasteiger partial charge on any atom is -0.508 e. The van der Waals surface area contributed by atoms with Gasteiger partial charge in [-0.2, -0.15) is 0 Å². The van der Waals surface area contributed by atoms with E-state index in [1.807, 2.05) is 18.2 Å². The van der Waals surface area contributed by atoms with Gasteiger partial charge in [0.15, 0.2) is 11.5 Å². The Labute approximate surface area is 248 Å².